The molecule has 1 atom stereocenters. The third-order valence-electron chi connectivity index (χ3n) is 3.73. The van der Waals surface area contributed by atoms with Crippen molar-refractivity contribution >= 4 is 5.91 Å². The van der Waals surface area contributed by atoms with Crippen molar-refractivity contribution in [2.24, 2.45) is 0 Å². The minimum absolute atomic E-state index is 0.0278. The molecule has 1 N–H and O–H groups in total. The molecule has 116 valence electrons. The predicted octanol–water partition coefficient (Wildman–Crippen LogP) is 3.87. The zero-order valence-corrected chi connectivity index (χ0v) is 13.6. The van der Waals surface area contributed by atoms with Crippen LogP contribution in [-0.2, 0) is 4.79 Å². The Kier molecular flexibility index (Phi) is 5.21. The zero-order valence-electron chi connectivity index (χ0n) is 13.6. The van der Waals surface area contributed by atoms with E-state index in [1.807, 2.05) is 38.1 Å². The highest BCUT2D eigenvalue weighted by Gasteiger charge is 2.12. The molecular formula is C19H23NO2. The molecule has 0 saturated carbocycles. The van der Waals surface area contributed by atoms with Gasteiger partial charge in [-0.1, -0.05) is 42.0 Å². The van der Waals surface area contributed by atoms with Gasteiger partial charge in [0.05, 0.1) is 6.04 Å². The molecule has 0 spiro atoms. The Bertz CT molecular complexity index is 664. The standard InChI is InChI=1S/C19H23NO2/c1-13-9-10-14(2)17(11-13)16(4)20-19(21)12-22-18-8-6-5-7-15(18)3/h5-11,16H,12H2,1-4H3,(H,20,21). The second kappa shape index (κ2) is 7.12. The lowest BCUT2D eigenvalue weighted by Gasteiger charge is -2.18. The first-order valence-corrected chi connectivity index (χ1v) is 7.52. The van der Waals surface area contributed by atoms with E-state index in [0.717, 1.165) is 16.9 Å². The molecule has 0 saturated heterocycles. The van der Waals surface area contributed by atoms with E-state index in [0.29, 0.717) is 0 Å². The molecule has 0 radical (unpaired) electrons. The Hall–Kier alpha value is -2.29. The van der Waals surface area contributed by atoms with Crippen LogP contribution in [0.5, 0.6) is 5.75 Å². The van der Waals surface area contributed by atoms with Crippen LogP contribution in [-0.4, -0.2) is 12.5 Å². The number of hydrogen-bond acceptors (Lipinski definition) is 2. The normalized spacial score (nSPS) is 11.8. The number of hydrogen-bond donors (Lipinski definition) is 1. The van der Waals surface area contributed by atoms with E-state index >= 15 is 0 Å². The molecule has 3 nitrogen and oxygen atoms in total. The number of carbonyl (C=O) groups excluding carboxylic acids is 1. The molecule has 2 aromatic rings. The van der Waals surface area contributed by atoms with E-state index < -0.39 is 0 Å². The summed E-state index contributed by atoms with van der Waals surface area (Å²) < 4.78 is 5.58. The molecule has 0 aromatic heterocycles. The Morgan fingerprint density at radius 1 is 1.09 bits per heavy atom. The topological polar surface area (TPSA) is 38.3 Å². The Labute approximate surface area is 132 Å². The first-order chi connectivity index (χ1) is 10.5. The maximum Gasteiger partial charge on any atom is 0.258 e. The number of rotatable bonds is 5. The average Bonchev–Trinajstić information content (AvgIpc) is 2.48. The second-order valence-corrected chi connectivity index (χ2v) is 5.70. The van der Waals surface area contributed by atoms with Gasteiger partial charge in [-0.15, -0.1) is 0 Å². The van der Waals surface area contributed by atoms with Crippen LogP contribution in [0.2, 0.25) is 0 Å². The largest absolute Gasteiger partial charge is 0.484 e. The van der Waals surface area contributed by atoms with Gasteiger partial charge in [-0.25, -0.2) is 0 Å². The van der Waals surface area contributed by atoms with Crippen molar-refractivity contribution in [1.29, 1.82) is 0 Å². The number of para-hydroxylation sites is 1. The maximum atomic E-state index is 12.1. The molecule has 0 fully saturated rings. The number of carbonyl (C=O) groups is 1. The van der Waals surface area contributed by atoms with Crippen molar-refractivity contribution in [1.82, 2.24) is 5.32 Å². The van der Waals surface area contributed by atoms with Gasteiger partial charge in [0.2, 0.25) is 0 Å². The Morgan fingerprint density at radius 2 is 1.82 bits per heavy atom. The summed E-state index contributed by atoms with van der Waals surface area (Å²) in [6, 6.07) is 13.9. The maximum absolute atomic E-state index is 12.1. The van der Waals surface area contributed by atoms with Gasteiger partial charge in [0.25, 0.3) is 5.91 Å². The lowest BCUT2D eigenvalue weighted by Crippen LogP contribution is -2.31. The number of nitrogens with one attached hydrogen (secondary N) is 1. The predicted molar refractivity (Wildman–Crippen MR) is 89.1 cm³/mol. The summed E-state index contributed by atoms with van der Waals surface area (Å²) in [5.41, 5.74) is 4.54. The lowest BCUT2D eigenvalue weighted by atomic mass is 10.00. The molecular weight excluding hydrogens is 274 g/mol. The first-order valence-electron chi connectivity index (χ1n) is 7.52. The summed E-state index contributed by atoms with van der Waals surface area (Å²) in [5, 5.41) is 2.99. The minimum atomic E-state index is -0.114. The fraction of sp³-hybridized carbons (Fsp3) is 0.316. The minimum Gasteiger partial charge on any atom is -0.484 e. The number of amides is 1. The van der Waals surface area contributed by atoms with E-state index in [2.05, 4.69) is 37.4 Å². The fourth-order valence-electron chi connectivity index (χ4n) is 2.45. The average molecular weight is 297 g/mol. The first kappa shape index (κ1) is 16.1. The molecule has 22 heavy (non-hydrogen) atoms. The van der Waals surface area contributed by atoms with E-state index in [-0.39, 0.29) is 18.6 Å². The third kappa shape index (κ3) is 4.10. The highest BCUT2D eigenvalue weighted by Crippen LogP contribution is 2.19. The van der Waals surface area contributed by atoms with Crippen LogP contribution in [0.1, 0.15) is 35.2 Å². The number of ether oxygens (including phenoxy) is 1. The number of aryl methyl sites for hydroxylation is 3. The molecule has 1 unspecified atom stereocenters. The highest BCUT2D eigenvalue weighted by molar-refractivity contribution is 5.78. The third-order valence-corrected chi connectivity index (χ3v) is 3.73. The van der Waals surface area contributed by atoms with E-state index in [1.165, 1.54) is 11.1 Å². The molecule has 0 heterocycles. The van der Waals surface area contributed by atoms with Crippen molar-refractivity contribution in [3.05, 3.63) is 64.7 Å². The Morgan fingerprint density at radius 3 is 2.55 bits per heavy atom. The molecule has 0 bridgehead atoms. The molecule has 2 rings (SSSR count). The highest BCUT2D eigenvalue weighted by atomic mass is 16.5. The summed E-state index contributed by atoms with van der Waals surface area (Å²) in [5.74, 6) is 0.633. The molecule has 0 aliphatic rings. The van der Waals surface area contributed by atoms with Gasteiger partial charge in [0.15, 0.2) is 6.61 Å². The van der Waals surface area contributed by atoms with Gasteiger partial charge in [0, 0.05) is 0 Å². The van der Waals surface area contributed by atoms with Crippen LogP contribution < -0.4 is 10.1 Å². The summed E-state index contributed by atoms with van der Waals surface area (Å²) in [7, 11) is 0. The quantitative estimate of drug-likeness (QED) is 0.910. The van der Waals surface area contributed by atoms with E-state index in [4.69, 9.17) is 4.74 Å². The van der Waals surface area contributed by atoms with E-state index in [9.17, 15) is 4.79 Å². The van der Waals surface area contributed by atoms with Gasteiger partial charge in [-0.05, 0) is 50.5 Å². The van der Waals surface area contributed by atoms with Crippen LogP contribution in [0.25, 0.3) is 0 Å². The van der Waals surface area contributed by atoms with E-state index in [1.54, 1.807) is 0 Å². The smallest absolute Gasteiger partial charge is 0.258 e. The summed E-state index contributed by atoms with van der Waals surface area (Å²) in [6.45, 7) is 8.10. The molecule has 3 heteroatoms. The van der Waals surface area contributed by atoms with Gasteiger partial charge >= 0.3 is 0 Å². The SMILES string of the molecule is Cc1ccc(C)c(C(C)NC(=O)COc2ccccc2C)c1. The van der Waals surface area contributed by atoms with Crippen molar-refractivity contribution in [3.63, 3.8) is 0 Å². The van der Waals surface area contributed by atoms with Crippen LogP contribution >= 0.6 is 0 Å². The van der Waals surface area contributed by atoms with Crippen LogP contribution in [0.4, 0.5) is 0 Å². The molecule has 2 aromatic carbocycles. The van der Waals surface area contributed by atoms with Gasteiger partial charge in [-0.3, -0.25) is 4.79 Å². The Balaban J connectivity index is 1.94. The molecule has 0 aliphatic heterocycles. The summed E-state index contributed by atoms with van der Waals surface area (Å²) in [4.78, 5) is 12.1. The van der Waals surface area contributed by atoms with Crippen LogP contribution in [0, 0.1) is 20.8 Å². The monoisotopic (exact) mass is 297 g/mol. The fourth-order valence-corrected chi connectivity index (χ4v) is 2.45. The number of benzene rings is 2. The van der Waals surface area contributed by atoms with Crippen LogP contribution in [0.15, 0.2) is 42.5 Å². The van der Waals surface area contributed by atoms with Gasteiger partial charge in [-0.2, -0.15) is 0 Å². The van der Waals surface area contributed by atoms with Gasteiger partial charge in [0.1, 0.15) is 5.75 Å². The molecule has 0 aliphatic carbocycles. The van der Waals surface area contributed by atoms with Crippen molar-refractivity contribution in [2.75, 3.05) is 6.61 Å². The van der Waals surface area contributed by atoms with Crippen molar-refractivity contribution in [2.45, 2.75) is 33.7 Å². The van der Waals surface area contributed by atoms with Crippen molar-refractivity contribution in [3.8, 4) is 5.75 Å². The summed E-state index contributed by atoms with van der Waals surface area (Å²) in [6.07, 6.45) is 0. The zero-order chi connectivity index (χ0) is 16.1. The van der Waals surface area contributed by atoms with Crippen molar-refractivity contribution < 1.29 is 9.53 Å². The van der Waals surface area contributed by atoms with Gasteiger partial charge < -0.3 is 10.1 Å². The second-order valence-electron chi connectivity index (χ2n) is 5.70. The molecule has 1 amide bonds. The van der Waals surface area contributed by atoms with Crippen LogP contribution in [0.3, 0.4) is 0 Å². The lowest BCUT2D eigenvalue weighted by molar-refractivity contribution is -0.123. The summed E-state index contributed by atoms with van der Waals surface area (Å²) >= 11 is 0.